The molecule has 0 unspecified atom stereocenters. The quantitative estimate of drug-likeness (QED) is 0.491. The summed E-state index contributed by atoms with van der Waals surface area (Å²) in [5, 5.41) is 1.53. The lowest BCUT2D eigenvalue weighted by Crippen LogP contribution is -2.01. The Kier molecular flexibility index (Phi) is 3.05. The molecule has 28 heavy (non-hydrogen) atoms. The van der Waals surface area contributed by atoms with Crippen molar-refractivity contribution in [1.29, 1.82) is 0 Å². The summed E-state index contributed by atoms with van der Waals surface area (Å²) in [6, 6.07) is -1.07. The van der Waals surface area contributed by atoms with Gasteiger partial charge in [-0.25, -0.2) is 4.98 Å². The summed E-state index contributed by atoms with van der Waals surface area (Å²) in [4.78, 5) is 25.8. The second-order valence-electron chi connectivity index (χ2n) is 6.19. The van der Waals surface area contributed by atoms with Crippen LogP contribution in [0.4, 0.5) is 0 Å². The van der Waals surface area contributed by atoms with Gasteiger partial charge in [0.05, 0.1) is 33.6 Å². The van der Waals surface area contributed by atoms with E-state index >= 15 is 0 Å². The molecule has 3 aromatic heterocycles. The van der Waals surface area contributed by atoms with E-state index < -0.39 is 53.7 Å². The zero-order chi connectivity index (χ0) is 25.6. The normalized spacial score (nSPS) is 15.6. The Labute approximate surface area is 173 Å². The number of benzene rings is 1. The van der Waals surface area contributed by atoms with E-state index in [-0.39, 0.29) is 6.42 Å². The summed E-state index contributed by atoms with van der Waals surface area (Å²) in [7, 11) is 1.89. The highest BCUT2D eigenvalue weighted by molar-refractivity contribution is 5.95. The van der Waals surface area contributed by atoms with Crippen LogP contribution in [-0.2, 0) is 18.3 Å². The molecule has 0 saturated carbocycles. The van der Waals surface area contributed by atoms with Crippen LogP contribution in [0.1, 0.15) is 26.7 Å². The Morgan fingerprint density at radius 2 is 1.89 bits per heavy atom. The van der Waals surface area contributed by atoms with Crippen LogP contribution in [-0.4, -0.2) is 25.3 Å². The maximum Gasteiger partial charge on any atom is 0.161 e. The van der Waals surface area contributed by atoms with Crippen LogP contribution in [0.3, 0.4) is 0 Å². The highest BCUT2D eigenvalue weighted by Crippen LogP contribution is 2.22. The Morgan fingerprint density at radius 3 is 2.64 bits per heavy atom. The van der Waals surface area contributed by atoms with Gasteiger partial charge in [0.2, 0.25) is 0 Å². The van der Waals surface area contributed by atoms with Crippen molar-refractivity contribution in [2.24, 2.45) is 7.05 Å². The average Bonchev–Trinajstić information content (AvgIpc) is 3.18. The Hall–Kier alpha value is -3.60. The van der Waals surface area contributed by atoms with E-state index in [0.29, 0.717) is 11.4 Å². The van der Waals surface area contributed by atoms with Gasteiger partial charge >= 0.3 is 0 Å². The fraction of sp³-hybridized carbons (Fsp3) is 0.130. The van der Waals surface area contributed by atoms with Gasteiger partial charge < -0.3 is 4.57 Å². The SMILES string of the molecule is [2H]/C(C(=O)Cc1cc2cc(-c3cnc(C)n3C)ncc2cn1)=C(/[2H])c1c([2H])c([2H])c([2H])c([2H])c1[2H]. The summed E-state index contributed by atoms with van der Waals surface area (Å²) in [6.45, 7) is 1.88. The van der Waals surface area contributed by atoms with Crippen molar-refractivity contribution < 1.29 is 14.4 Å². The molecule has 3 heterocycles. The molecule has 5 nitrogen and oxygen atoms in total. The largest absolute Gasteiger partial charge is 0.330 e. The van der Waals surface area contributed by atoms with E-state index in [1.54, 1.807) is 24.7 Å². The van der Waals surface area contributed by atoms with E-state index in [1.807, 2.05) is 24.6 Å². The van der Waals surface area contributed by atoms with Crippen molar-refractivity contribution in [2.45, 2.75) is 13.3 Å². The lowest BCUT2D eigenvalue weighted by atomic mass is 10.1. The molecule has 0 atom stereocenters. The molecule has 0 saturated heterocycles. The molecule has 0 fully saturated rings. The molecule has 0 aliphatic rings. The molecule has 0 amide bonds. The molecule has 0 radical (unpaired) electrons. The van der Waals surface area contributed by atoms with Gasteiger partial charge in [0.25, 0.3) is 0 Å². The molecule has 138 valence electrons. The Balaban J connectivity index is 1.68. The standard InChI is InChI=1S/C23H20N4O/c1-16-24-15-23(27(16)2)22-11-18-10-20(25-13-19(18)14-26-22)12-21(28)9-8-17-6-4-3-5-7-17/h3-11,13-15H,12H2,1-2H3/b9-8+/i3D,4D,5D,6D,7D,8D,9D. The van der Waals surface area contributed by atoms with Crippen LogP contribution in [0.25, 0.3) is 28.2 Å². The summed E-state index contributed by atoms with van der Waals surface area (Å²) in [6.07, 6.45) is 4.66. The number of rotatable bonds is 5. The molecule has 5 heteroatoms. The second kappa shape index (κ2) is 7.56. The summed E-state index contributed by atoms with van der Waals surface area (Å²) in [5.41, 5.74) is 1.40. The number of nitrogens with zero attached hydrogens (tertiary/aromatic N) is 4. The van der Waals surface area contributed by atoms with Crippen LogP contribution in [0.15, 0.2) is 67.0 Å². The number of hydrogen-bond acceptors (Lipinski definition) is 4. The van der Waals surface area contributed by atoms with E-state index in [0.717, 1.165) is 22.3 Å². The molecule has 0 bridgehead atoms. The molecular weight excluding hydrogens is 348 g/mol. The van der Waals surface area contributed by atoms with Gasteiger partial charge in [0, 0.05) is 30.5 Å². The number of aryl methyl sites for hydroxylation is 1. The fourth-order valence-corrected chi connectivity index (χ4v) is 2.71. The molecule has 4 aromatic rings. The number of ketones is 1. The topological polar surface area (TPSA) is 60.7 Å². The Bertz CT molecular complexity index is 1520. The van der Waals surface area contributed by atoms with Crippen molar-refractivity contribution in [1.82, 2.24) is 19.5 Å². The van der Waals surface area contributed by atoms with Crippen LogP contribution in [0, 0.1) is 6.92 Å². The number of imidazole rings is 1. The van der Waals surface area contributed by atoms with Gasteiger partial charge in [-0.15, -0.1) is 0 Å². The molecule has 0 N–H and O–H groups in total. The van der Waals surface area contributed by atoms with Crippen molar-refractivity contribution >= 4 is 22.6 Å². The molecule has 0 aliphatic heterocycles. The maximum atomic E-state index is 12.8. The van der Waals surface area contributed by atoms with Crippen LogP contribution >= 0.6 is 0 Å². The lowest BCUT2D eigenvalue weighted by molar-refractivity contribution is -0.114. The molecule has 1 aromatic carbocycles. The van der Waals surface area contributed by atoms with Crippen LogP contribution in [0.5, 0.6) is 0 Å². The predicted molar refractivity (Wildman–Crippen MR) is 111 cm³/mol. The van der Waals surface area contributed by atoms with E-state index in [4.69, 9.17) is 9.60 Å². The summed E-state index contributed by atoms with van der Waals surface area (Å²) >= 11 is 0. The van der Waals surface area contributed by atoms with E-state index in [1.165, 1.54) is 0 Å². The van der Waals surface area contributed by atoms with Gasteiger partial charge in [-0.05, 0) is 36.1 Å². The van der Waals surface area contributed by atoms with E-state index in [9.17, 15) is 4.79 Å². The monoisotopic (exact) mass is 375 g/mol. The smallest absolute Gasteiger partial charge is 0.161 e. The number of aromatic nitrogens is 4. The third kappa shape index (κ3) is 3.74. The first kappa shape index (κ1) is 11.3. The summed E-state index contributed by atoms with van der Waals surface area (Å²) in [5.74, 6) is 0.0770. The third-order valence-corrected chi connectivity index (χ3v) is 4.31. The molecule has 0 aliphatic carbocycles. The number of pyridine rings is 2. The summed E-state index contributed by atoms with van der Waals surface area (Å²) < 4.78 is 57.4. The molecule has 4 rings (SSSR count). The van der Waals surface area contributed by atoms with E-state index in [2.05, 4.69) is 15.0 Å². The van der Waals surface area contributed by atoms with Gasteiger partial charge in [-0.3, -0.25) is 14.8 Å². The minimum absolute atomic E-state index is 0.293. The Morgan fingerprint density at radius 1 is 1.11 bits per heavy atom. The average molecular weight is 375 g/mol. The van der Waals surface area contributed by atoms with Crippen LogP contribution < -0.4 is 0 Å². The fourth-order valence-electron chi connectivity index (χ4n) is 2.71. The number of allylic oxidation sites excluding steroid dienone is 1. The van der Waals surface area contributed by atoms with Crippen molar-refractivity contribution in [2.75, 3.05) is 0 Å². The first-order valence-electron chi connectivity index (χ1n) is 12.0. The molecular formula is C23H20N4O. The number of fused-ring (bicyclic) bond motifs is 1. The zero-order valence-corrected chi connectivity index (χ0v) is 15.3. The van der Waals surface area contributed by atoms with Crippen molar-refractivity contribution in [3.8, 4) is 11.4 Å². The third-order valence-electron chi connectivity index (χ3n) is 4.31. The first-order chi connectivity index (χ1) is 16.5. The number of hydrogen-bond donors (Lipinski definition) is 0. The lowest BCUT2D eigenvalue weighted by Gasteiger charge is -2.06. The second-order valence-corrected chi connectivity index (χ2v) is 6.19. The minimum atomic E-state index is -0.759. The first-order valence-corrected chi connectivity index (χ1v) is 8.52. The number of carbonyl (C=O) groups is 1. The van der Waals surface area contributed by atoms with Gasteiger partial charge in [-0.2, -0.15) is 0 Å². The van der Waals surface area contributed by atoms with Crippen molar-refractivity contribution in [3.05, 3.63) is 84.1 Å². The van der Waals surface area contributed by atoms with Crippen LogP contribution in [0.2, 0.25) is 0 Å². The van der Waals surface area contributed by atoms with Gasteiger partial charge in [0.15, 0.2) is 5.78 Å². The highest BCUT2D eigenvalue weighted by Gasteiger charge is 2.09. The van der Waals surface area contributed by atoms with Gasteiger partial charge in [0.1, 0.15) is 5.82 Å². The predicted octanol–water partition coefficient (Wildman–Crippen LogP) is 4.16. The zero-order valence-electron chi connectivity index (χ0n) is 22.3. The van der Waals surface area contributed by atoms with Gasteiger partial charge in [-0.1, -0.05) is 36.3 Å². The minimum Gasteiger partial charge on any atom is -0.330 e. The maximum absolute atomic E-state index is 12.8. The van der Waals surface area contributed by atoms with Crippen molar-refractivity contribution in [3.63, 3.8) is 0 Å². The highest BCUT2D eigenvalue weighted by atomic mass is 16.1. The number of carbonyl (C=O) groups excluding carboxylic acids is 1. The molecule has 0 spiro atoms.